The molecule has 0 bridgehead atoms. The first-order valence-corrected chi connectivity index (χ1v) is 7.07. The zero-order valence-electron chi connectivity index (χ0n) is 11.7. The standard InChI is InChI=1S/C14H28N2O/c1-12-4-6-14(10-15,7-5-12)16-8-9-17-13(2,3)11-16/h12H,4-11,15H2,1-3H3. The molecule has 0 aromatic rings. The molecule has 2 aliphatic rings. The van der Waals surface area contributed by atoms with Crippen molar-refractivity contribution in [2.45, 2.75) is 57.6 Å². The van der Waals surface area contributed by atoms with Crippen LogP contribution in [0.2, 0.25) is 0 Å². The second kappa shape index (κ2) is 4.87. The van der Waals surface area contributed by atoms with Crippen molar-refractivity contribution < 1.29 is 4.74 Å². The second-order valence-corrected chi connectivity index (χ2v) is 6.64. The van der Waals surface area contributed by atoms with Gasteiger partial charge in [-0.05, 0) is 45.4 Å². The molecule has 2 rings (SSSR count). The van der Waals surface area contributed by atoms with Crippen LogP contribution >= 0.6 is 0 Å². The van der Waals surface area contributed by atoms with E-state index in [1.54, 1.807) is 0 Å². The summed E-state index contributed by atoms with van der Waals surface area (Å²) in [6.45, 7) is 10.5. The molecule has 1 heterocycles. The molecule has 1 aliphatic heterocycles. The quantitative estimate of drug-likeness (QED) is 0.802. The summed E-state index contributed by atoms with van der Waals surface area (Å²) >= 11 is 0. The molecule has 100 valence electrons. The van der Waals surface area contributed by atoms with Crippen LogP contribution in [0.1, 0.15) is 46.5 Å². The molecule has 0 unspecified atom stereocenters. The molecule has 2 N–H and O–H groups in total. The molecule has 0 radical (unpaired) electrons. The van der Waals surface area contributed by atoms with Gasteiger partial charge in [0.05, 0.1) is 12.2 Å². The van der Waals surface area contributed by atoms with E-state index in [4.69, 9.17) is 10.5 Å². The molecule has 0 amide bonds. The minimum absolute atomic E-state index is 0.0104. The van der Waals surface area contributed by atoms with Crippen LogP contribution in [0.5, 0.6) is 0 Å². The van der Waals surface area contributed by atoms with Crippen LogP contribution in [-0.4, -0.2) is 42.3 Å². The Balaban J connectivity index is 2.07. The summed E-state index contributed by atoms with van der Waals surface area (Å²) in [5, 5.41) is 0. The molecule has 0 aromatic heterocycles. The Bertz CT molecular complexity index is 257. The molecule has 1 saturated heterocycles. The Morgan fingerprint density at radius 1 is 1.29 bits per heavy atom. The van der Waals surface area contributed by atoms with Crippen molar-refractivity contribution >= 4 is 0 Å². The highest BCUT2D eigenvalue weighted by Crippen LogP contribution is 2.37. The number of nitrogens with two attached hydrogens (primary N) is 1. The van der Waals surface area contributed by atoms with Crippen LogP contribution in [-0.2, 0) is 4.74 Å². The summed E-state index contributed by atoms with van der Waals surface area (Å²) in [4.78, 5) is 2.61. The Morgan fingerprint density at radius 2 is 1.94 bits per heavy atom. The average Bonchev–Trinajstić information content (AvgIpc) is 2.29. The summed E-state index contributed by atoms with van der Waals surface area (Å²) in [5.74, 6) is 0.878. The van der Waals surface area contributed by atoms with Gasteiger partial charge in [0, 0.05) is 25.2 Å². The maximum absolute atomic E-state index is 6.12. The summed E-state index contributed by atoms with van der Waals surface area (Å²) in [6, 6.07) is 0. The van der Waals surface area contributed by atoms with Crippen molar-refractivity contribution in [3.8, 4) is 0 Å². The van der Waals surface area contributed by atoms with Gasteiger partial charge in [-0.3, -0.25) is 4.90 Å². The lowest BCUT2D eigenvalue weighted by Crippen LogP contribution is -2.62. The molecule has 3 heteroatoms. The van der Waals surface area contributed by atoms with Gasteiger partial charge in [0.1, 0.15) is 0 Å². The van der Waals surface area contributed by atoms with Gasteiger partial charge >= 0.3 is 0 Å². The molecule has 0 aromatic carbocycles. The van der Waals surface area contributed by atoms with Crippen LogP contribution in [0.4, 0.5) is 0 Å². The number of morpholine rings is 1. The van der Waals surface area contributed by atoms with E-state index in [0.717, 1.165) is 32.2 Å². The lowest BCUT2D eigenvalue weighted by molar-refractivity contribution is -0.123. The third-order valence-electron chi connectivity index (χ3n) is 4.68. The smallest absolute Gasteiger partial charge is 0.0753 e. The fourth-order valence-corrected chi connectivity index (χ4v) is 3.37. The highest BCUT2D eigenvalue weighted by molar-refractivity contribution is 4.98. The van der Waals surface area contributed by atoms with Gasteiger partial charge in [-0.2, -0.15) is 0 Å². The first-order valence-electron chi connectivity index (χ1n) is 7.07. The Hall–Kier alpha value is -0.120. The van der Waals surface area contributed by atoms with E-state index in [9.17, 15) is 0 Å². The molecule has 1 aliphatic carbocycles. The monoisotopic (exact) mass is 240 g/mol. The van der Waals surface area contributed by atoms with E-state index in [1.807, 2.05) is 0 Å². The predicted octanol–water partition coefficient (Wildman–Crippen LogP) is 2.00. The minimum Gasteiger partial charge on any atom is -0.373 e. The van der Waals surface area contributed by atoms with Gasteiger partial charge in [-0.1, -0.05) is 6.92 Å². The van der Waals surface area contributed by atoms with Crippen LogP contribution in [0.15, 0.2) is 0 Å². The SMILES string of the molecule is CC1CCC(CN)(N2CCOC(C)(C)C2)CC1. The third kappa shape index (κ3) is 2.83. The van der Waals surface area contributed by atoms with Crippen molar-refractivity contribution in [3.05, 3.63) is 0 Å². The van der Waals surface area contributed by atoms with Crippen molar-refractivity contribution in [3.63, 3.8) is 0 Å². The van der Waals surface area contributed by atoms with Crippen molar-refractivity contribution in [2.75, 3.05) is 26.2 Å². The maximum Gasteiger partial charge on any atom is 0.0753 e. The molecule has 0 atom stereocenters. The molecule has 1 saturated carbocycles. The lowest BCUT2D eigenvalue weighted by atomic mass is 9.75. The van der Waals surface area contributed by atoms with E-state index >= 15 is 0 Å². The zero-order chi connectivity index (χ0) is 12.5. The molecular weight excluding hydrogens is 212 g/mol. The average molecular weight is 240 g/mol. The summed E-state index contributed by atoms with van der Waals surface area (Å²) in [7, 11) is 0. The molecule has 0 spiro atoms. The van der Waals surface area contributed by atoms with Gasteiger partial charge in [-0.15, -0.1) is 0 Å². The van der Waals surface area contributed by atoms with Crippen LogP contribution < -0.4 is 5.73 Å². The van der Waals surface area contributed by atoms with Gasteiger partial charge in [-0.25, -0.2) is 0 Å². The number of ether oxygens (including phenoxy) is 1. The number of hydrogen-bond acceptors (Lipinski definition) is 3. The summed E-state index contributed by atoms with van der Waals surface area (Å²) in [6.07, 6.45) is 5.19. The van der Waals surface area contributed by atoms with E-state index in [2.05, 4.69) is 25.7 Å². The number of nitrogens with zero attached hydrogens (tertiary/aromatic N) is 1. The fourth-order valence-electron chi connectivity index (χ4n) is 3.37. The summed E-state index contributed by atoms with van der Waals surface area (Å²) < 4.78 is 5.81. The molecular formula is C14H28N2O. The van der Waals surface area contributed by atoms with Crippen molar-refractivity contribution in [2.24, 2.45) is 11.7 Å². The summed E-state index contributed by atoms with van der Waals surface area (Å²) in [5.41, 5.74) is 6.37. The zero-order valence-corrected chi connectivity index (χ0v) is 11.7. The third-order valence-corrected chi connectivity index (χ3v) is 4.68. The van der Waals surface area contributed by atoms with E-state index in [-0.39, 0.29) is 11.1 Å². The Kier molecular flexibility index (Phi) is 3.81. The molecule has 2 fully saturated rings. The van der Waals surface area contributed by atoms with Gasteiger partial charge in [0.25, 0.3) is 0 Å². The number of hydrogen-bond donors (Lipinski definition) is 1. The predicted molar refractivity (Wildman–Crippen MR) is 71.0 cm³/mol. The van der Waals surface area contributed by atoms with E-state index in [1.165, 1.54) is 25.7 Å². The van der Waals surface area contributed by atoms with Crippen molar-refractivity contribution in [1.82, 2.24) is 4.90 Å². The minimum atomic E-state index is -0.0104. The highest BCUT2D eigenvalue weighted by atomic mass is 16.5. The van der Waals surface area contributed by atoms with Crippen molar-refractivity contribution in [1.29, 1.82) is 0 Å². The Morgan fingerprint density at radius 3 is 2.47 bits per heavy atom. The van der Waals surface area contributed by atoms with Gasteiger partial charge in [0.15, 0.2) is 0 Å². The maximum atomic E-state index is 6.12. The first-order chi connectivity index (χ1) is 7.97. The van der Waals surface area contributed by atoms with E-state index in [0.29, 0.717) is 0 Å². The van der Waals surface area contributed by atoms with Gasteiger partial charge in [0.2, 0.25) is 0 Å². The largest absolute Gasteiger partial charge is 0.373 e. The second-order valence-electron chi connectivity index (χ2n) is 6.64. The van der Waals surface area contributed by atoms with Crippen LogP contribution in [0.3, 0.4) is 0 Å². The molecule has 17 heavy (non-hydrogen) atoms. The van der Waals surface area contributed by atoms with E-state index < -0.39 is 0 Å². The van der Waals surface area contributed by atoms with Gasteiger partial charge < -0.3 is 10.5 Å². The fraction of sp³-hybridized carbons (Fsp3) is 1.00. The number of rotatable bonds is 2. The highest BCUT2D eigenvalue weighted by Gasteiger charge is 2.42. The lowest BCUT2D eigenvalue weighted by Gasteiger charge is -2.52. The first kappa shape index (κ1) is 13.3. The molecule has 3 nitrogen and oxygen atoms in total. The Labute approximate surface area is 106 Å². The van der Waals surface area contributed by atoms with Crippen LogP contribution in [0.25, 0.3) is 0 Å². The topological polar surface area (TPSA) is 38.5 Å². The normalized spacial score (nSPS) is 39.2. The van der Waals surface area contributed by atoms with Crippen LogP contribution in [0, 0.1) is 5.92 Å².